The van der Waals surface area contributed by atoms with E-state index in [0.29, 0.717) is 24.6 Å². The Morgan fingerprint density at radius 3 is 2.46 bits per heavy atom. The van der Waals surface area contributed by atoms with Gasteiger partial charge in [-0.1, -0.05) is 54.1 Å². The predicted octanol–water partition coefficient (Wildman–Crippen LogP) is 3.11. The highest BCUT2D eigenvalue weighted by Crippen LogP contribution is 2.21. The average molecular weight is 366 g/mol. The van der Waals surface area contributed by atoms with Crippen LogP contribution in [-0.4, -0.2) is 37.7 Å². The summed E-state index contributed by atoms with van der Waals surface area (Å²) < 4.78 is 32.5. The van der Waals surface area contributed by atoms with Crippen LogP contribution in [0.5, 0.6) is 0 Å². The number of rotatable bonds is 4. The fourth-order valence-electron chi connectivity index (χ4n) is 2.86. The number of sulfonamides is 1. The monoisotopic (exact) mass is 365 g/mol. The number of ether oxygens (including phenoxy) is 1. The molecule has 0 radical (unpaired) electrons. The summed E-state index contributed by atoms with van der Waals surface area (Å²) in [5.74, 6) is 0.0197. The van der Waals surface area contributed by atoms with E-state index in [2.05, 4.69) is 0 Å². The maximum absolute atomic E-state index is 12.7. The van der Waals surface area contributed by atoms with Crippen molar-refractivity contribution in [3.05, 3.63) is 70.7 Å². The average Bonchev–Trinajstić information content (AvgIpc) is 2.70. The lowest BCUT2D eigenvalue weighted by atomic mass is 10.1. The second-order valence-electron chi connectivity index (χ2n) is 5.91. The van der Waals surface area contributed by atoms with Crippen LogP contribution in [0.4, 0.5) is 0 Å². The van der Waals surface area contributed by atoms with Crippen molar-refractivity contribution < 1.29 is 13.2 Å². The summed E-state index contributed by atoms with van der Waals surface area (Å²) in [6.07, 6.45) is 0.633. The van der Waals surface area contributed by atoms with E-state index in [9.17, 15) is 8.42 Å². The van der Waals surface area contributed by atoms with Crippen molar-refractivity contribution in [3.63, 3.8) is 0 Å². The molecule has 3 rings (SSSR count). The highest BCUT2D eigenvalue weighted by molar-refractivity contribution is 7.89. The number of nitrogens with zero attached hydrogens (tertiary/aromatic N) is 1. The van der Waals surface area contributed by atoms with E-state index >= 15 is 0 Å². The first kappa shape index (κ1) is 17.4. The summed E-state index contributed by atoms with van der Waals surface area (Å²) in [7, 11) is -3.36. The topological polar surface area (TPSA) is 46.6 Å². The molecule has 0 spiro atoms. The van der Waals surface area contributed by atoms with E-state index < -0.39 is 10.0 Å². The van der Waals surface area contributed by atoms with Gasteiger partial charge in [-0.2, -0.15) is 4.31 Å². The molecule has 2 aromatic carbocycles. The van der Waals surface area contributed by atoms with Gasteiger partial charge in [-0.25, -0.2) is 8.42 Å². The van der Waals surface area contributed by atoms with Crippen molar-refractivity contribution in [1.82, 2.24) is 4.31 Å². The molecular weight excluding hydrogens is 346 g/mol. The molecule has 0 amide bonds. The molecule has 1 saturated heterocycles. The highest BCUT2D eigenvalue weighted by Gasteiger charge is 2.32. The van der Waals surface area contributed by atoms with Gasteiger partial charge in [-0.05, 0) is 29.7 Å². The SMILES string of the molecule is O=S1(=O)CCOC[C@H](Cc2ccccc2)N1Cc1ccc(Cl)cc1. The van der Waals surface area contributed by atoms with Crippen LogP contribution in [0.1, 0.15) is 11.1 Å². The van der Waals surface area contributed by atoms with Crippen LogP contribution in [0.3, 0.4) is 0 Å². The maximum Gasteiger partial charge on any atom is 0.217 e. The Bertz CT molecular complexity index is 763. The minimum Gasteiger partial charge on any atom is -0.379 e. The zero-order valence-corrected chi connectivity index (χ0v) is 14.8. The van der Waals surface area contributed by atoms with E-state index in [0.717, 1.165) is 11.1 Å². The van der Waals surface area contributed by atoms with Crippen molar-refractivity contribution in [2.45, 2.75) is 19.0 Å². The Kier molecular flexibility index (Phi) is 5.56. The lowest BCUT2D eigenvalue weighted by Gasteiger charge is -2.28. The Labute approximate surface area is 148 Å². The van der Waals surface area contributed by atoms with Crippen LogP contribution in [0.15, 0.2) is 54.6 Å². The largest absolute Gasteiger partial charge is 0.379 e. The number of benzene rings is 2. The standard InChI is InChI=1S/C18H20ClNO3S/c19-17-8-6-16(7-9-17)13-20-18(12-15-4-2-1-3-5-15)14-23-10-11-24(20,21)22/h1-9,18H,10-14H2/t18-/m0/s1. The molecule has 0 aromatic heterocycles. The third-order valence-corrected chi connectivity index (χ3v) is 6.20. The smallest absolute Gasteiger partial charge is 0.217 e. The van der Waals surface area contributed by atoms with E-state index in [4.69, 9.17) is 16.3 Å². The molecule has 6 heteroatoms. The van der Waals surface area contributed by atoms with Gasteiger partial charge < -0.3 is 4.74 Å². The van der Waals surface area contributed by atoms with Crippen LogP contribution in [-0.2, 0) is 27.7 Å². The van der Waals surface area contributed by atoms with E-state index in [1.807, 2.05) is 42.5 Å². The van der Waals surface area contributed by atoms with Crippen LogP contribution in [0, 0.1) is 0 Å². The van der Waals surface area contributed by atoms with Gasteiger partial charge in [0.2, 0.25) is 10.0 Å². The van der Waals surface area contributed by atoms with Gasteiger partial charge in [0.1, 0.15) is 0 Å². The number of halogens is 1. The maximum atomic E-state index is 12.7. The molecule has 1 aliphatic heterocycles. The quantitative estimate of drug-likeness (QED) is 0.836. The lowest BCUT2D eigenvalue weighted by molar-refractivity contribution is 0.109. The molecule has 128 valence electrons. The highest BCUT2D eigenvalue weighted by atomic mass is 35.5. The van der Waals surface area contributed by atoms with Gasteiger partial charge in [0.15, 0.2) is 0 Å². The molecule has 0 aliphatic carbocycles. The summed E-state index contributed by atoms with van der Waals surface area (Å²) in [4.78, 5) is 0. The van der Waals surface area contributed by atoms with Crippen molar-refractivity contribution in [2.75, 3.05) is 19.0 Å². The van der Waals surface area contributed by atoms with Crippen LogP contribution in [0.25, 0.3) is 0 Å². The number of hydrogen-bond donors (Lipinski definition) is 0. The second kappa shape index (κ2) is 7.66. The minimum absolute atomic E-state index is 0.0197. The Morgan fingerprint density at radius 2 is 1.75 bits per heavy atom. The van der Waals surface area contributed by atoms with Gasteiger partial charge in [-0.3, -0.25) is 0 Å². The van der Waals surface area contributed by atoms with Gasteiger partial charge in [0.25, 0.3) is 0 Å². The Morgan fingerprint density at radius 1 is 1.04 bits per heavy atom. The van der Waals surface area contributed by atoms with Gasteiger partial charge in [-0.15, -0.1) is 0 Å². The summed E-state index contributed by atoms with van der Waals surface area (Å²) in [6.45, 7) is 0.979. The third-order valence-electron chi connectivity index (χ3n) is 4.13. The predicted molar refractivity (Wildman–Crippen MR) is 95.5 cm³/mol. The summed E-state index contributed by atoms with van der Waals surface area (Å²) in [5, 5.41) is 0.640. The van der Waals surface area contributed by atoms with E-state index in [1.165, 1.54) is 0 Å². The molecule has 2 aromatic rings. The molecule has 1 atom stereocenters. The van der Waals surface area contributed by atoms with Crippen LogP contribution >= 0.6 is 11.6 Å². The minimum atomic E-state index is -3.36. The number of hydrogen-bond acceptors (Lipinski definition) is 3. The van der Waals surface area contributed by atoms with Crippen molar-refractivity contribution in [3.8, 4) is 0 Å². The normalized spacial score (nSPS) is 21.3. The first-order valence-corrected chi connectivity index (χ1v) is 9.89. The molecule has 24 heavy (non-hydrogen) atoms. The zero-order valence-electron chi connectivity index (χ0n) is 13.3. The van der Waals surface area contributed by atoms with Crippen molar-refractivity contribution >= 4 is 21.6 Å². The van der Waals surface area contributed by atoms with Gasteiger partial charge in [0.05, 0.1) is 25.0 Å². The van der Waals surface area contributed by atoms with Crippen LogP contribution in [0.2, 0.25) is 5.02 Å². The fraction of sp³-hybridized carbons (Fsp3) is 0.333. The van der Waals surface area contributed by atoms with Gasteiger partial charge >= 0.3 is 0 Å². The molecule has 4 nitrogen and oxygen atoms in total. The molecule has 1 fully saturated rings. The van der Waals surface area contributed by atoms with E-state index in [-0.39, 0.29) is 18.4 Å². The molecule has 0 bridgehead atoms. The summed E-state index contributed by atoms with van der Waals surface area (Å²) >= 11 is 5.92. The van der Waals surface area contributed by atoms with Crippen molar-refractivity contribution in [2.24, 2.45) is 0 Å². The van der Waals surface area contributed by atoms with Gasteiger partial charge in [0, 0.05) is 11.6 Å². The lowest BCUT2D eigenvalue weighted by Crippen LogP contribution is -2.42. The zero-order chi connectivity index (χ0) is 17.0. The molecule has 1 heterocycles. The fourth-order valence-corrected chi connectivity index (χ4v) is 4.48. The molecule has 0 saturated carbocycles. The molecule has 0 unspecified atom stereocenters. The first-order chi connectivity index (χ1) is 11.5. The van der Waals surface area contributed by atoms with E-state index in [1.54, 1.807) is 16.4 Å². The Balaban J connectivity index is 1.86. The molecule has 1 aliphatic rings. The summed E-state index contributed by atoms with van der Waals surface area (Å²) in [5.41, 5.74) is 2.02. The van der Waals surface area contributed by atoms with Crippen LogP contribution < -0.4 is 0 Å². The molecule has 0 N–H and O–H groups in total. The van der Waals surface area contributed by atoms with Crippen molar-refractivity contribution in [1.29, 1.82) is 0 Å². The Hall–Kier alpha value is -1.40. The second-order valence-corrected chi connectivity index (χ2v) is 8.38. The summed E-state index contributed by atoms with van der Waals surface area (Å²) in [6, 6.07) is 17.0. The first-order valence-electron chi connectivity index (χ1n) is 7.90. The third kappa shape index (κ3) is 4.36. The molecular formula is C18H20ClNO3S.